The van der Waals surface area contributed by atoms with Crippen molar-refractivity contribution in [3.05, 3.63) is 11.6 Å². The van der Waals surface area contributed by atoms with Crippen molar-refractivity contribution in [2.75, 3.05) is 0 Å². The SMILES string of the molecule is C/C(=C\C(C)(C)C)C(=O)O. The van der Waals surface area contributed by atoms with Crippen LogP contribution in [0.3, 0.4) is 0 Å². The standard InChI is InChI=1S/C8H14O2/c1-6(7(9)10)5-8(2,3)4/h5H,1-4H3,(H,9,10)/b6-5+. The van der Waals surface area contributed by atoms with Crippen LogP contribution in [0.25, 0.3) is 0 Å². The molecule has 0 heterocycles. The van der Waals surface area contributed by atoms with Gasteiger partial charge in [0.05, 0.1) is 0 Å². The lowest BCUT2D eigenvalue weighted by Gasteiger charge is -2.11. The third-order valence-corrected chi connectivity index (χ3v) is 0.987. The molecule has 0 aromatic carbocycles. The molecule has 0 saturated heterocycles. The van der Waals surface area contributed by atoms with E-state index in [2.05, 4.69) is 0 Å². The van der Waals surface area contributed by atoms with Crippen molar-refractivity contribution in [2.45, 2.75) is 27.7 Å². The van der Waals surface area contributed by atoms with Crippen molar-refractivity contribution in [3.63, 3.8) is 0 Å². The quantitative estimate of drug-likeness (QED) is 0.569. The molecule has 10 heavy (non-hydrogen) atoms. The second-order valence-electron chi connectivity index (χ2n) is 3.50. The van der Waals surface area contributed by atoms with Gasteiger partial charge in [-0.15, -0.1) is 0 Å². The first kappa shape index (κ1) is 9.21. The summed E-state index contributed by atoms with van der Waals surface area (Å²) in [5.74, 6) is -0.838. The van der Waals surface area contributed by atoms with Crippen LogP contribution >= 0.6 is 0 Å². The molecule has 0 bridgehead atoms. The van der Waals surface area contributed by atoms with Gasteiger partial charge in [0.15, 0.2) is 0 Å². The number of hydrogen-bond donors (Lipinski definition) is 1. The Morgan fingerprint density at radius 3 is 1.90 bits per heavy atom. The van der Waals surface area contributed by atoms with E-state index in [9.17, 15) is 4.79 Å². The molecule has 0 aliphatic rings. The fourth-order valence-electron chi connectivity index (χ4n) is 0.711. The average molecular weight is 142 g/mol. The smallest absolute Gasteiger partial charge is 0.330 e. The zero-order valence-electron chi connectivity index (χ0n) is 6.93. The highest BCUT2D eigenvalue weighted by molar-refractivity contribution is 5.85. The second kappa shape index (κ2) is 2.86. The van der Waals surface area contributed by atoms with Crippen molar-refractivity contribution >= 4 is 5.97 Å². The number of aliphatic carboxylic acids is 1. The molecule has 0 rings (SSSR count). The fraction of sp³-hybridized carbons (Fsp3) is 0.625. The lowest BCUT2D eigenvalue weighted by atomic mass is 9.94. The minimum atomic E-state index is -0.838. The number of carbonyl (C=O) groups is 1. The van der Waals surface area contributed by atoms with E-state index in [-0.39, 0.29) is 5.41 Å². The van der Waals surface area contributed by atoms with Crippen LogP contribution in [0.5, 0.6) is 0 Å². The first-order valence-corrected chi connectivity index (χ1v) is 3.26. The molecule has 0 aromatic rings. The molecule has 0 atom stereocenters. The summed E-state index contributed by atoms with van der Waals surface area (Å²) in [5, 5.41) is 8.48. The third kappa shape index (κ3) is 4.13. The Balaban J connectivity index is 4.32. The molecule has 0 unspecified atom stereocenters. The summed E-state index contributed by atoms with van der Waals surface area (Å²) in [6, 6.07) is 0. The van der Waals surface area contributed by atoms with Crippen molar-refractivity contribution in [1.82, 2.24) is 0 Å². The van der Waals surface area contributed by atoms with Gasteiger partial charge in [-0.05, 0) is 12.3 Å². The van der Waals surface area contributed by atoms with E-state index in [0.717, 1.165) is 0 Å². The lowest BCUT2D eigenvalue weighted by molar-refractivity contribution is -0.132. The third-order valence-electron chi connectivity index (χ3n) is 0.987. The maximum absolute atomic E-state index is 10.3. The Hall–Kier alpha value is -0.790. The highest BCUT2D eigenvalue weighted by Gasteiger charge is 2.09. The molecule has 0 aliphatic heterocycles. The Morgan fingerprint density at radius 1 is 1.40 bits per heavy atom. The van der Waals surface area contributed by atoms with Crippen LogP contribution in [-0.4, -0.2) is 11.1 Å². The van der Waals surface area contributed by atoms with Gasteiger partial charge >= 0.3 is 5.97 Å². The van der Waals surface area contributed by atoms with Crippen LogP contribution in [0, 0.1) is 5.41 Å². The summed E-state index contributed by atoms with van der Waals surface area (Å²) >= 11 is 0. The molecule has 0 aromatic heterocycles. The van der Waals surface area contributed by atoms with E-state index in [4.69, 9.17) is 5.11 Å². The summed E-state index contributed by atoms with van der Waals surface area (Å²) < 4.78 is 0. The van der Waals surface area contributed by atoms with Crippen LogP contribution in [0.1, 0.15) is 27.7 Å². The summed E-state index contributed by atoms with van der Waals surface area (Å²) in [7, 11) is 0. The molecule has 0 saturated carbocycles. The maximum Gasteiger partial charge on any atom is 0.330 e. The molecule has 1 N–H and O–H groups in total. The number of carboxylic acids is 1. The maximum atomic E-state index is 10.3. The van der Waals surface area contributed by atoms with Gasteiger partial charge < -0.3 is 5.11 Å². The predicted octanol–water partition coefficient (Wildman–Crippen LogP) is 2.06. The first-order chi connectivity index (χ1) is 4.33. The molecular formula is C8H14O2. The topological polar surface area (TPSA) is 37.3 Å². The van der Waals surface area contributed by atoms with Gasteiger partial charge in [0.1, 0.15) is 0 Å². The van der Waals surface area contributed by atoms with E-state index in [0.29, 0.717) is 5.57 Å². The number of allylic oxidation sites excluding steroid dienone is 1. The van der Waals surface area contributed by atoms with Gasteiger partial charge in [-0.2, -0.15) is 0 Å². The van der Waals surface area contributed by atoms with Gasteiger partial charge in [0.25, 0.3) is 0 Å². The van der Waals surface area contributed by atoms with Crippen LogP contribution in [0.2, 0.25) is 0 Å². The van der Waals surface area contributed by atoms with Gasteiger partial charge in [0.2, 0.25) is 0 Å². The first-order valence-electron chi connectivity index (χ1n) is 3.26. The zero-order valence-corrected chi connectivity index (χ0v) is 6.93. The van der Waals surface area contributed by atoms with Crippen LogP contribution in [-0.2, 0) is 4.79 Å². The minimum absolute atomic E-state index is 0.0392. The molecule has 0 spiro atoms. The highest BCUT2D eigenvalue weighted by atomic mass is 16.4. The Bertz CT molecular complexity index is 161. The van der Waals surface area contributed by atoms with Gasteiger partial charge in [-0.3, -0.25) is 0 Å². The van der Waals surface area contributed by atoms with E-state index in [1.54, 1.807) is 13.0 Å². The largest absolute Gasteiger partial charge is 0.478 e. The van der Waals surface area contributed by atoms with Crippen LogP contribution in [0.15, 0.2) is 11.6 Å². The molecule has 0 radical (unpaired) electrons. The number of rotatable bonds is 1. The Labute approximate surface area is 61.6 Å². The van der Waals surface area contributed by atoms with Gasteiger partial charge in [0, 0.05) is 5.57 Å². The monoisotopic (exact) mass is 142 g/mol. The highest BCUT2D eigenvalue weighted by Crippen LogP contribution is 2.17. The average Bonchev–Trinajstić information content (AvgIpc) is 1.60. The van der Waals surface area contributed by atoms with Crippen molar-refractivity contribution in [3.8, 4) is 0 Å². The van der Waals surface area contributed by atoms with Crippen molar-refractivity contribution in [2.24, 2.45) is 5.41 Å². The molecule has 0 amide bonds. The summed E-state index contributed by atoms with van der Waals surface area (Å²) in [6.07, 6.45) is 1.75. The number of hydrogen-bond acceptors (Lipinski definition) is 1. The number of carboxylic acid groups (broad SMARTS) is 1. The second-order valence-corrected chi connectivity index (χ2v) is 3.50. The van der Waals surface area contributed by atoms with Gasteiger partial charge in [-0.1, -0.05) is 26.8 Å². The minimum Gasteiger partial charge on any atom is -0.478 e. The Kier molecular flexibility index (Phi) is 2.64. The summed E-state index contributed by atoms with van der Waals surface area (Å²) in [6.45, 7) is 7.52. The summed E-state index contributed by atoms with van der Waals surface area (Å²) in [4.78, 5) is 10.3. The fourth-order valence-corrected chi connectivity index (χ4v) is 0.711. The lowest BCUT2D eigenvalue weighted by Crippen LogP contribution is -2.05. The van der Waals surface area contributed by atoms with E-state index in [1.807, 2.05) is 20.8 Å². The molecule has 2 heteroatoms. The zero-order chi connectivity index (χ0) is 8.36. The molecular weight excluding hydrogens is 128 g/mol. The summed E-state index contributed by atoms with van der Waals surface area (Å²) in [5.41, 5.74) is 0.371. The van der Waals surface area contributed by atoms with Crippen molar-refractivity contribution < 1.29 is 9.90 Å². The Morgan fingerprint density at radius 2 is 1.80 bits per heavy atom. The van der Waals surface area contributed by atoms with Crippen LogP contribution < -0.4 is 0 Å². The normalized spacial score (nSPS) is 13.4. The molecule has 2 nitrogen and oxygen atoms in total. The molecule has 0 fully saturated rings. The van der Waals surface area contributed by atoms with E-state index in [1.165, 1.54) is 0 Å². The van der Waals surface area contributed by atoms with E-state index >= 15 is 0 Å². The predicted molar refractivity (Wildman–Crippen MR) is 40.8 cm³/mol. The molecule has 58 valence electrons. The van der Waals surface area contributed by atoms with E-state index < -0.39 is 5.97 Å². The molecule has 0 aliphatic carbocycles. The van der Waals surface area contributed by atoms with Crippen molar-refractivity contribution in [1.29, 1.82) is 0 Å². The van der Waals surface area contributed by atoms with Crippen LogP contribution in [0.4, 0.5) is 0 Å². The van der Waals surface area contributed by atoms with Gasteiger partial charge in [-0.25, -0.2) is 4.79 Å².